The number of nitrogens with one attached hydrogen (secondary N) is 1. The van der Waals surface area contributed by atoms with E-state index in [-0.39, 0.29) is 0 Å². The highest BCUT2D eigenvalue weighted by Crippen LogP contribution is 2.43. The molecule has 2 atom stereocenters. The van der Waals surface area contributed by atoms with Gasteiger partial charge in [0, 0.05) is 25.2 Å². The van der Waals surface area contributed by atoms with E-state index in [9.17, 15) is 0 Å². The highest BCUT2D eigenvalue weighted by molar-refractivity contribution is 4.97. The van der Waals surface area contributed by atoms with Crippen molar-refractivity contribution in [3.63, 3.8) is 0 Å². The molecule has 3 nitrogen and oxygen atoms in total. The van der Waals surface area contributed by atoms with Crippen LogP contribution in [-0.2, 0) is 4.74 Å². The summed E-state index contributed by atoms with van der Waals surface area (Å²) in [5, 5.41) is 3.72. The Balaban J connectivity index is 1.52. The minimum Gasteiger partial charge on any atom is -0.375 e. The number of hydrogen-bond donors (Lipinski definition) is 1. The number of hydrogen-bond acceptors (Lipinski definition) is 3. The van der Waals surface area contributed by atoms with Crippen molar-refractivity contribution in [2.45, 2.75) is 76.0 Å². The van der Waals surface area contributed by atoms with Crippen LogP contribution in [0.5, 0.6) is 0 Å². The molecule has 0 bridgehead atoms. The fourth-order valence-corrected chi connectivity index (χ4v) is 4.09. The van der Waals surface area contributed by atoms with Crippen LogP contribution in [0.2, 0.25) is 0 Å². The van der Waals surface area contributed by atoms with Crippen LogP contribution >= 0.6 is 0 Å². The quantitative estimate of drug-likeness (QED) is 0.846. The van der Waals surface area contributed by atoms with Gasteiger partial charge in [-0.2, -0.15) is 0 Å². The minimum atomic E-state index is 0.298. The molecule has 0 aromatic heterocycles. The molecular weight excluding hydrogens is 236 g/mol. The Labute approximate surface area is 118 Å². The molecule has 2 saturated heterocycles. The topological polar surface area (TPSA) is 24.5 Å². The van der Waals surface area contributed by atoms with Gasteiger partial charge in [0.2, 0.25) is 0 Å². The van der Waals surface area contributed by atoms with Gasteiger partial charge in [0.05, 0.1) is 5.60 Å². The SMILES string of the molecule is CCCNC1CCCN(C2CCOC3(CCC3)C2)C1. The van der Waals surface area contributed by atoms with Crippen LogP contribution in [0.3, 0.4) is 0 Å². The van der Waals surface area contributed by atoms with Crippen molar-refractivity contribution >= 4 is 0 Å². The summed E-state index contributed by atoms with van der Waals surface area (Å²) in [7, 11) is 0. The van der Waals surface area contributed by atoms with Gasteiger partial charge in [0.15, 0.2) is 0 Å². The molecule has 110 valence electrons. The Hall–Kier alpha value is -0.120. The van der Waals surface area contributed by atoms with Crippen LogP contribution in [-0.4, -0.2) is 48.8 Å². The molecule has 3 aliphatic rings. The monoisotopic (exact) mass is 266 g/mol. The first kappa shape index (κ1) is 13.8. The molecule has 2 unspecified atom stereocenters. The van der Waals surface area contributed by atoms with Crippen LogP contribution < -0.4 is 5.32 Å². The Morgan fingerprint density at radius 3 is 2.89 bits per heavy atom. The van der Waals surface area contributed by atoms with Crippen molar-refractivity contribution in [1.29, 1.82) is 0 Å². The van der Waals surface area contributed by atoms with E-state index in [4.69, 9.17) is 4.74 Å². The molecule has 3 rings (SSSR count). The molecule has 1 spiro atoms. The number of nitrogens with zero attached hydrogens (tertiary/aromatic N) is 1. The van der Waals surface area contributed by atoms with Gasteiger partial charge in [-0.05, 0) is 64.5 Å². The van der Waals surface area contributed by atoms with E-state index in [1.807, 2.05) is 0 Å². The van der Waals surface area contributed by atoms with Gasteiger partial charge in [-0.3, -0.25) is 4.90 Å². The number of ether oxygens (including phenoxy) is 1. The smallest absolute Gasteiger partial charge is 0.0697 e. The molecule has 1 N–H and O–H groups in total. The van der Waals surface area contributed by atoms with Crippen molar-refractivity contribution in [2.24, 2.45) is 0 Å². The molecule has 0 aromatic rings. The van der Waals surface area contributed by atoms with Gasteiger partial charge < -0.3 is 10.1 Å². The standard InChI is InChI=1S/C16H30N2O/c1-2-9-17-14-5-3-10-18(13-14)15-6-11-19-16(12-15)7-4-8-16/h14-15,17H,2-13H2,1H3. The van der Waals surface area contributed by atoms with Gasteiger partial charge in [0.25, 0.3) is 0 Å². The van der Waals surface area contributed by atoms with E-state index in [0.717, 1.165) is 18.7 Å². The summed E-state index contributed by atoms with van der Waals surface area (Å²) in [6.07, 6.45) is 10.5. The zero-order valence-electron chi connectivity index (χ0n) is 12.5. The maximum atomic E-state index is 6.07. The first-order valence-corrected chi connectivity index (χ1v) is 8.43. The van der Waals surface area contributed by atoms with E-state index in [0.29, 0.717) is 5.60 Å². The summed E-state index contributed by atoms with van der Waals surface area (Å²) < 4.78 is 6.07. The average molecular weight is 266 g/mol. The second-order valence-electron chi connectivity index (χ2n) is 6.82. The van der Waals surface area contributed by atoms with Crippen molar-refractivity contribution in [3.05, 3.63) is 0 Å². The maximum Gasteiger partial charge on any atom is 0.0697 e. The molecule has 1 saturated carbocycles. The second-order valence-corrected chi connectivity index (χ2v) is 6.82. The second kappa shape index (κ2) is 6.11. The lowest BCUT2D eigenvalue weighted by Crippen LogP contribution is -2.56. The van der Waals surface area contributed by atoms with E-state index in [1.54, 1.807) is 0 Å². The number of likely N-dealkylation sites (tertiary alicyclic amines) is 1. The maximum absolute atomic E-state index is 6.07. The van der Waals surface area contributed by atoms with Crippen LogP contribution in [0.25, 0.3) is 0 Å². The summed E-state index contributed by atoms with van der Waals surface area (Å²) in [6.45, 7) is 7.00. The van der Waals surface area contributed by atoms with Gasteiger partial charge >= 0.3 is 0 Å². The highest BCUT2D eigenvalue weighted by Gasteiger charge is 2.44. The van der Waals surface area contributed by atoms with Crippen LogP contribution in [0.15, 0.2) is 0 Å². The van der Waals surface area contributed by atoms with Gasteiger partial charge in [-0.1, -0.05) is 6.92 Å². The Bertz CT molecular complexity index is 290. The first-order valence-electron chi connectivity index (χ1n) is 8.43. The third-order valence-corrected chi connectivity index (χ3v) is 5.38. The molecule has 2 aliphatic heterocycles. The van der Waals surface area contributed by atoms with Crippen molar-refractivity contribution in [3.8, 4) is 0 Å². The van der Waals surface area contributed by atoms with Crippen LogP contribution in [0, 0.1) is 0 Å². The van der Waals surface area contributed by atoms with E-state index < -0.39 is 0 Å². The van der Waals surface area contributed by atoms with E-state index >= 15 is 0 Å². The van der Waals surface area contributed by atoms with Crippen LogP contribution in [0.4, 0.5) is 0 Å². The Kier molecular flexibility index (Phi) is 4.45. The fraction of sp³-hybridized carbons (Fsp3) is 1.00. The fourth-order valence-electron chi connectivity index (χ4n) is 4.09. The molecule has 0 aromatic carbocycles. The molecule has 0 radical (unpaired) electrons. The average Bonchev–Trinajstić information content (AvgIpc) is 2.44. The normalized spacial score (nSPS) is 35.2. The highest BCUT2D eigenvalue weighted by atomic mass is 16.5. The lowest BCUT2D eigenvalue weighted by atomic mass is 9.73. The third-order valence-electron chi connectivity index (χ3n) is 5.38. The predicted octanol–water partition coefficient (Wildman–Crippen LogP) is 2.55. The summed E-state index contributed by atoms with van der Waals surface area (Å²) in [5.41, 5.74) is 0.298. The van der Waals surface area contributed by atoms with Crippen LogP contribution in [0.1, 0.15) is 58.3 Å². The van der Waals surface area contributed by atoms with Gasteiger partial charge in [0.1, 0.15) is 0 Å². The zero-order chi connectivity index (χ0) is 13.1. The Morgan fingerprint density at radius 1 is 1.26 bits per heavy atom. The summed E-state index contributed by atoms with van der Waals surface area (Å²) >= 11 is 0. The molecular formula is C16H30N2O. The molecule has 2 heterocycles. The summed E-state index contributed by atoms with van der Waals surface area (Å²) in [6, 6.07) is 1.52. The van der Waals surface area contributed by atoms with Crippen molar-refractivity contribution < 1.29 is 4.74 Å². The Morgan fingerprint density at radius 2 is 2.16 bits per heavy atom. The molecule has 3 fully saturated rings. The molecule has 0 amide bonds. The summed E-state index contributed by atoms with van der Waals surface area (Å²) in [4.78, 5) is 2.76. The van der Waals surface area contributed by atoms with Crippen molar-refractivity contribution in [2.75, 3.05) is 26.2 Å². The third kappa shape index (κ3) is 3.14. The molecule has 3 heteroatoms. The number of piperidine rings is 1. The lowest BCUT2D eigenvalue weighted by molar-refractivity contribution is -0.150. The molecule has 19 heavy (non-hydrogen) atoms. The first-order chi connectivity index (χ1) is 9.31. The van der Waals surface area contributed by atoms with Crippen molar-refractivity contribution in [1.82, 2.24) is 10.2 Å². The lowest BCUT2D eigenvalue weighted by Gasteiger charge is -2.50. The predicted molar refractivity (Wildman–Crippen MR) is 78.4 cm³/mol. The summed E-state index contributed by atoms with van der Waals surface area (Å²) in [5.74, 6) is 0. The van der Waals surface area contributed by atoms with E-state index in [1.165, 1.54) is 71.0 Å². The van der Waals surface area contributed by atoms with E-state index in [2.05, 4.69) is 17.1 Å². The zero-order valence-corrected chi connectivity index (χ0v) is 12.5. The number of rotatable bonds is 4. The minimum absolute atomic E-state index is 0.298. The van der Waals surface area contributed by atoms with Gasteiger partial charge in [-0.25, -0.2) is 0 Å². The largest absolute Gasteiger partial charge is 0.375 e. The van der Waals surface area contributed by atoms with Gasteiger partial charge in [-0.15, -0.1) is 0 Å². The molecule has 1 aliphatic carbocycles.